The number of aliphatic hydroxyl groups is 1. The number of hydrogen-bond donors (Lipinski definition) is 1. The molecule has 9 heteroatoms. The lowest BCUT2D eigenvalue weighted by Gasteiger charge is -2.29. The molecule has 1 saturated heterocycles. The van der Waals surface area contributed by atoms with Gasteiger partial charge < -0.3 is 10.0 Å². The minimum Gasteiger partial charge on any atom is -0.394 e. The number of hydrogen-bond acceptors (Lipinski definition) is 2. The molecule has 1 aliphatic heterocycles. The van der Waals surface area contributed by atoms with E-state index in [-0.39, 0.29) is 19.4 Å². The van der Waals surface area contributed by atoms with Gasteiger partial charge in [0.25, 0.3) is 0 Å². The Balaban J connectivity index is 2.97. The zero-order chi connectivity index (χ0) is 14.1. The lowest BCUT2D eigenvalue weighted by Crippen LogP contribution is -2.51. The Morgan fingerprint density at radius 1 is 1.22 bits per heavy atom. The quantitative estimate of drug-likeness (QED) is 0.782. The molecule has 1 N–H and O–H groups in total. The van der Waals surface area contributed by atoms with Gasteiger partial charge in [0.05, 0.1) is 12.6 Å². The maximum atomic E-state index is 12.3. The third-order valence-electron chi connectivity index (χ3n) is 2.77. The molecule has 0 aromatic carbocycles. The maximum Gasteiger partial charge on any atom is 0.409 e. The molecule has 1 atom stereocenters. The van der Waals surface area contributed by atoms with E-state index >= 15 is 0 Å². The summed E-state index contributed by atoms with van der Waals surface area (Å²) in [6, 6.07) is -0.968. The first kappa shape index (κ1) is 15.1. The van der Waals surface area contributed by atoms with Crippen molar-refractivity contribution >= 4 is 5.91 Å². The van der Waals surface area contributed by atoms with E-state index in [2.05, 4.69) is 0 Å². The SMILES string of the molecule is O=C(C(C(F)(F)F)C(F)(F)F)N1CCC[C@@H]1CO. The fourth-order valence-corrected chi connectivity index (χ4v) is 1.95. The number of carbonyl (C=O) groups is 1. The number of rotatable bonds is 2. The molecule has 1 aliphatic rings. The average molecular weight is 279 g/mol. The van der Waals surface area contributed by atoms with Crippen LogP contribution in [0, 0.1) is 5.92 Å². The fraction of sp³-hybridized carbons (Fsp3) is 0.889. The molecule has 106 valence electrons. The third kappa shape index (κ3) is 3.06. The van der Waals surface area contributed by atoms with Gasteiger partial charge in [0.2, 0.25) is 11.8 Å². The van der Waals surface area contributed by atoms with E-state index in [0.29, 0.717) is 4.90 Å². The summed E-state index contributed by atoms with van der Waals surface area (Å²) in [5, 5.41) is 8.82. The normalized spacial score (nSPS) is 21.8. The highest BCUT2D eigenvalue weighted by atomic mass is 19.4. The molecule has 1 amide bonds. The van der Waals surface area contributed by atoms with Crippen molar-refractivity contribution in [2.24, 2.45) is 5.92 Å². The van der Waals surface area contributed by atoms with Crippen molar-refractivity contribution in [3.8, 4) is 0 Å². The lowest BCUT2D eigenvalue weighted by atomic mass is 10.1. The first-order chi connectivity index (χ1) is 8.09. The van der Waals surface area contributed by atoms with Crippen LogP contribution in [-0.4, -0.2) is 47.5 Å². The highest BCUT2D eigenvalue weighted by molar-refractivity contribution is 5.81. The minimum atomic E-state index is -5.68. The second-order valence-corrected chi connectivity index (χ2v) is 4.03. The van der Waals surface area contributed by atoms with Crippen LogP contribution in [-0.2, 0) is 4.79 Å². The number of carbonyl (C=O) groups excluding carboxylic acids is 1. The first-order valence-corrected chi connectivity index (χ1v) is 5.13. The van der Waals surface area contributed by atoms with Gasteiger partial charge in [-0.3, -0.25) is 4.79 Å². The molecule has 0 spiro atoms. The van der Waals surface area contributed by atoms with Gasteiger partial charge in [-0.1, -0.05) is 0 Å². The van der Waals surface area contributed by atoms with Crippen LogP contribution in [0.5, 0.6) is 0 Å². The maximum absolute atomic E-state index is 12.3. The van der Waals surface area contributed by atoms with Crippen LogP contribution >= 0.6 is 0 Å². The Labute approximate surface area is 98.4 Å². The smallest absolute Gasteiger partial charge is 0.394 e. The standard InChI is InChI=1S/C9H11F6NO2/c10-8(11,12)6(9(13,14)15)7(18)16-3-1-2-5(16)4-17/h5-6,17H,1-4H2/t5-/m1/s1. The van der Waals surface area contributed by atoms with Gasteiger partial charge >= 0.3 is 12.4 Å². The number of likely N-dealkylation sites (tertiary alicyclic amines) is 1. The van der Waals surface area contributed by atoms with E-state index in [9.17, 15) is 31.1 Å². The third-order valence-corrected chi connectivity index (χ3v) is 2.77. The highest BCUT2D eigenvalue weighted by Crippen LogP contribution is 2.41. The summed E-state index contributed by atoms with van der Waals surface area (Å²) in [4.78, 5) is 11.8. The van der Waals surface area contributed by atoms with E-state index in [1.54, 1.807) is 0 Å². The molecule has 0 saturated carbocycles. The molecular weight excluding hydrogens is 268 g/mol. The predicted molar refractivity (Wildman–Crippen MR) is 47.4 cm³/mol. The van der Waals surface area contributed by atoms with Crippen LogP contribution in [0.2, 0.25) is 0 Å². The topological polar surface area (TPSA) is 40.5 Å². The van der Waals surface area contributed by atoms with Crippen LogP contribution in [0.3, 0.4) is 0 Å². The number of aliphatic hydroxyl groups excluding tert-OH is 1. The number of nitrogens with zero attached hydrogens (tertiary/aromatic N) is 1. The van der Waals surface area contributed by atoms with Gasteiger partial charge in [-0.15, -0.1) is 0 Å². The number of halogens is 6. The lowest BCUT2D eigenvalue weighted by molar-refractivity contribution is -0.277. The molecule has 0 aromatic rings. The zero-order valence-corrected chi connectivity index (χ0v) is 9.05. The van der Waals surface area contributed by atoms with E-state index in [4.69, 9.17) is 5.11 Å². The zero-order valence-electron chi connectivity index (χ0n) is 9.05. The van der Waals surface area contributed by atoms with Crippen molar-refractivity contribution in [2.75, 3.05) is 13.2 Å². The second-order valence-electron chi connectivity index (χ2n) is 4.03. The van der Waals surface area contributed by atoms with Crippen molar-refractivity contribution in [1.82, 2.24) is 4.90 Å². The molecule has 3 nitrogen and oxygen atoms in total. The fourth-order valence-electron chi connectivity index (χ4n) is 1.95. The molecular formula is C9H11F6NO2. The summed E-state index contributed by atoms with van der Waals surface area (Å²) in [5.74, 6) is -6.05. The van der Waals surface area contributed by atoms with Gasteiger partial charge in [-0.2, -0.15) is 26.3 Å². The van der Waals surface area contributed by atoms with Crippen molar-refractivity contribution in [3.63, 3.8) is 0 Å². The number of amides is 1. The first-order valence-electron chi connectivity index (χ1n) is 5.13. The largest absolute Gasteiger partial charge is 0.409 e. The van der Waals surface area contributed by atoms with Crippen LogP contribution in [0.4, 0.5) is 26.3 Å². The van der Waals surface area contributed by atoms with Crippen molar-refractivity contribution in [2.45, 2.75) is 31.2 Å². The van der Waals surface area contributed by atoms with Gasteiger partial charge in [0.1, 0.15) is 0 Å². The van der Waals surface area contributed by atoms with Gasteiger partial charge in [-0.25, -0.2) is 0 Å². The molecule has 1 fully saturated rings. The molecule has 1 heterocycles. The van der Waals surface area contributed by atoms with Crippen LogP contribution in [0.25, 0.3) is 0 Å². The highest BCUT2D eigenvalue weighted by Gasteiger charge is 2.62. The van der Waals surface area contributed by atoms with Gasteiger partial charge in [-0.05, 0) is 12.8 Å². The summed E-state index contributed by atoms with van der Waals surface area (Å²) in [5.41, 5.74) is 0. The molecule has 18 heavy (non-hydrogen) atoms. The Morgan fingerprint density at radius 3 is 2.11 bits per heavy atom. The summed E-state index contributed by atoms with van der Waals surface area (Å²) < 4.78 is 73.9. The second kappa shape index (κ2) is 4.94. The molecule has 0 aliphatic carbocycles. The number of alkyl halides is 6. The van der Waals surface area contributed by atoms with E-state index in [1.165, 1.54) is 0 Å². The molecule has 0 bridgehead atoms. The van der Waals surface area contributed by atoms with Crippen LogP contribution in [0.1, 0.15) is 12.8 Å². The van der Waals surface area contributed by atoms with Crippen molar-refractivity contribution < 1.29 is 36.2 Å². The van der Waals surface area contributed by atoms with E-state index < -0.39 is 36.8 Å². The Bertz CT molecular complexity index is 299. The van der Waals surface area contributed by atoms with Gasteiger partial charge in [0.15, 0.2) is 0 Å². The monoisotopic (exact) mass is 279 g/mol. The summed E-state index contributed by atoms with van der Waals surface area (Å²) in [6.07, 6.45) is -10.9. The van der Waals surface area contributed by atoms with E-state index in [0.717, 1.165) is 0 Å². The average Bonchev–Trinajstić information content (AvgIpc) is 2.59. The Hall–Kier alpha value is -0.990. The Morgan fingerprint density at radius 2 is 1.72 bits per heavy atom. The molecule has 0 unspecified atom stereocenters. The van der Waals surface area contributed by atoms with Gasteiger partial charge in [0, 0.05) is 6.54 Å². The molecule has 0 aromatic heterocycles. The van der Waals surface area contributed by atoms with Crippen LogP contribution < -0.4 is 0 Å². The molecule has 1 rings (SSSR count). The summed E-state index contributed by atoms with van der Waals surface area (Å²) >= 11 is 0. The molecule has 0 radical (unpaired) electrons. The van der Waals surface area contributed by atoms with Crippen molar-refractivity contribution in [3.05, 3.63) is 0 Å². The predicted octanol–water partition coefficient (Wildman–Crippen LogP) is 1.71. The Kier molecular flexibility index (Phi) is 4.14. The van der Waals surface area contributed by atoms with Crippen LogP contribution in [0.15, 0.2) is 0 Å². The minimum absolute atomic E-state index is 0.199. The summed E-state index contributed by atoms with van der Waals surface area (Å²) in [6.45, 7) is -0.846. The van der Waals surface area contributed by atoms with Crippen molar-refractivity contribution in [1.29, 1.82) is 0 Å². The van der Waals surface area contributed by atoms with E-state index in [1.807, 2.05) is 0 Å². The summed E-state index contributed by atoms with van der Waals surface area (Å²) in [7, 11) is 0.